The Bertz CT molecular complexity index is 932. The van der Waals surface area contributed by atoms with Gasteiger partial charge in [-0.15, -0.1) is 0 Å². The van der Waals surface area contributed by atoms with Crippen LogP contribution < -0.4 is 21.3 Å². The average Bonchev–Trinajstić information content (AvgIpc) is 3.40. The molecular weight excluding hydrogens is 453 g/mol. The van der Waals surface area contributed by atoms with Crippen molar-refractivity contribution in [1.82, 2.24) is 20.9 Å². The first-order chi connectivity index (χ1) is 14.0. The molecule has 1 aliphatic rings. The minimum absolute atomic E-state index is 0.0609. The van der Waals surface area contributed by atoms with Crippen LogP contribution in [0.1, 0.15) is 18.5 Å². The molecule has 0 bridgehead atoms. The van der Waals surface area contributed by atoms with E-state index >= 15 is 0 Å². The summed E-state index contributed by atoms with van der Waals surface area (Å²) < 4.78 is 18.2. The van der Waals surface area contributed by atoms with Gasteiger partial charge in [0.15, 0.2) is 5.69 Å². The molecule has 2 aromatic rings. The highest BCUT2D eigenvalue weighted by molar-refractivity contribution is 9.10. The number of aromatic nitrogens is 2. The van der Waals surface area contributed by atoms with Crippen LogP contribution in [0.25, 0.3) is 0 Å². The molecule has 0 spiro atoms. The van der Waals surface area contributed by atoms with Crippen molar-refractivity contribution in [2.75, 3.05) is 23.7 Å². The second-order valence-electron chi connectivity index (χ2n) is 6.09. The molecular formula is C16H17BrFN7O4. The zero-order valence-corrected chi connectivity index (χ0v) is 16.5. The lowest BCUT2D eigenvalue weighted by molar-refractivity contribution is -0.139. The number of hydrogen-bond donors (Lipinski definition) is 5. The molecule has 2 amide bonds. The monoisotopic (exact) mass is 469 g/mol. The van der Waals surface area contributed by atoms with Crippen molar-refractivity contribution in [3.63, 3.8) is 0 Å². The van der Waals surface area contributed by atoms with Crippen LogP contribution in [0.3, 0.4) is 0 Å². The molecule has 1 aromatic heterocycles. The molecule has 154 valence electrons. The van der Waals surface area contributed by atoms with Crippen LogP contribution in [0.2, 0.25) is 0 Å². The lowest BCUT2D eigenvalue weighted by Gasteiger charge is -2.09. The fourth-order valence-electron chi connectivity index (χ4n) is 2.22. The molecule has 1 heterocycles. The number of benzene rings is 1. The summed E-state index contributed by atoms with van der Waals surface area (Å²) in [6.07, 6.45) is 1.78. The molecule has 5 N–H and O–H groups in total. The smallest absolute Gasteiger partial charge is 0.309 e. The van der Waals surface area contributed by atoms with Gasteiger partial charge in [-0.1, -0.05) is 5.16 Å². The van der Waals surface area contributed by atoms with Crippen molar-refractivity contribution < 1.29 is 23.8 Å². The maximum absolute atomic E-state index is 13.3. The van der Waals surface area contributed by atoms with Gasteiger partial charge in [0.25, 0.3) is 0 Å². The van der Waals surface area contributed by atoms with Gasteiger partial charge in [-0.3, -0.25) is 9.59 Å². The van der Waals surface area contributed by atoms with Gasteiger partial charge >= 0.3 is 11.8 Å². The number of carbonyl (C=O) groups excluding carboxylic acids is 2. The van der Waals surface area contributed by atoms with Crippen molar-refractivity contribution in [1.29, 1.82) is 0 Å². The standard InChI is InChI=1S/C16H17BrFN7O4/c17-10-7-9(3-4-11(10)18)21-14(23-28)12-13(25-29-24-12)19-5-6-20-15(26)16(27)22-8-1-2-8/h3-4,7-8,28H,1-2,5-6H2,(H,19,25)(H,20,26)(H,21,23)(H,22,27). The maximum atomic E-state index is 13.3. The second-order valence-corrected chi connectivity index (χ2v) is 6.95. The van der Waals surface area contributed by atoms with Gasteiger partial charge in [0, 0.05) is 24.8 Å². The van der Waals surface area contributed by atoms with Crippen molar-refractivity contribution in [2.45, 2.75) is 18.9 Å². The van der Waals surface area contributed by atoms with E-state index < -0.39 is 17.6 Å². The Labute approximate surface area is 172 Å². The summed E-state index contributed by atoms with van der Waals surface area (Å²) in [4.78, 5) is 23.2. The topological polar surface area (TPSA) is 154 Å². The van der Waals surface area contributed by atoms with Gasteiger partial charge in [-0.05, 0) is 57.3 Å². The van der Waals surface area contributed by atoms with E-state index in [-0.39, 0.29) is 41.0 Å². The highest BCUT2D eigenvalue weighted by Gasteiger charge is 2.26. The van der Waals surface area contributed by atoms with Gasteiger partial charge in [-0.25, -0.2) is 9.02 Å². The summed E-state index contributed by atoms with van der Waals surface area (Å²) in [5.41, 5.74) is 0.486. The minimum atomic E-state index is -0.724. The molecule has 13 heteroatoms. The number of rotatable bonds is 7. The Morgan fingerprint density at radius 2 is 2.07 bits per heavy atom. The molecule has 1 aliphatic carbocycles. The van der Waals surface area contributed by atoms with Gasteiger partial charge in [0.05, 0.1) is 4.47 Å². The number of oxime groups is 1. The first-order valence-electron chi connectivity index (χ1n) is 8.57. The number of hydrogen-bond acceptors (Lipinski definition) is 8. The number of anilines is 2. The van der Waals surface area contributed by atoms with E-state index in [0.29, 0.717) is 5.69 Å². The maximum Gasteiger partial charge on any atom is 0.309 e. The fourth-order valence-corrected chi connectivity index (χ4v) is 2.60. The molecule has 1 saturated carbocycles. The number of nitrogens with one attached hydrogen (secondary N) is 4. The quantitative estimate of drug-likeness (QED) is 0.100. The Kier molecular flexibility index (Phi) is 6.59. The Balaban J connectivity index is 1.52. The third kappa shape index (κ3) is 5.63. The van der Waals surface area contributed by atoms with Crippen molar-refractivity contribution in [3.8, 4) is 0 Å². The van der Waals surface area contributed by atoms with Gasteiger partial charge in [0.1, 0.15) is 5.82 Å². The van der Waals surface area contributed by atoms with Gasteiger partial charge in [0.2, 0.25) is 11.7 Å². The molecule has 0 aliphatic heterocycles. The van der Waals surface area contributed by atoms with E-state index in [9.17, 15) is 19.2 Å². The average molecular weight is 470 g/mol. The predicted octanol–water partition coefficient (Wildman–Crippen LogP) is 1.03. The van der Waals surface area contributed by atoms with E-state index in [4.69, 9.17) is 0 Å². The van der Waals surface area contributed by atoms with Crippen LogP contribution >= 0.6 is 15.9 Å². The molecule has 11 nitrogen and oxygen atoms in total. The lowest BCUT2D eigenvalue weighted by Crippen LogP contribution is -2.42. The first-order valence-corrected chi connectivity index (χ1v) is 9.37. The molecule has 0 radical (unpaired) electrons. The van der Waals surface area contributed by atoms with Crippen LogP contribution in [-0.2, 0) is 9.59 Å². The number of amides is 2. The number of halogens is 2. The largest absolute Gasteiger partial charge is 0.409 e. The van der Waals surface area contributed by atoms with E-state index in [0.717, 1.165) is 12.8 Å². The Hall–Kier alpha value is -3.22. The van der Waals surface area contributed by atoms with Crippen LogP contribution in [0.15, 0.2) is 32.5 Å². The van der Waals surface area contributed by atoms with Crippen molar-refractivity contribution in [2.24, 2.45) is 5.16 Å². The lowest BCUT2D eigenvalue weighted by atomic mass is 10.3. The summed E-state index contributed by atoms with van der Waals surface area (Å²) in [7, 11) is 0. The van der Waals surface area contributed by atoms with Crippen LogP contribution in [0, 0.1) is 5.82 Å². The van der Waals surface area contributed by atoms with Gasteiger partial charge < -0.3 is 26.5 Å². The van der Waals surface area contributed by atoms with E-state index in [1.165, 1.54) is 18.2 Å². The molecule has 0 atom stereocenters. The number of nitrogens with zero attached hydrogens (tertiary/aromatic N) is 3. The molecule has 29 heavy (non-hydrogen) atoms. The molecule has 1 aromatic carbocycles. The SMILES string of the molecule is O=C(NCCNc1nonc1/C(=N/O)Nc1ccc(F)c(Br)c1)C(=O)NC1CC1. The van der Waals surface area contributed by atoms with Crippen molar-refractivity contribution >= 4 is 45.1 Å². The van der Waals surface area contributed by atoms with E-state index in [1.54, 1.807) is 0 Å². The Morgan fingerprint density at radius 3 is 2.76 bits per heavy atom. The third-order valence-electron chi connectivity index (χ3n) is 3.82. The second kappa shape index (κ2) is 9.32. The highest BCUT2D eigenvalue weighted by atomic mass is 79.9. The fraction of sp³-hybridized carbons (Fsp3) is 0.312. The number of carbonyl (C=O) groups is 2. The van der Waals surface area contributed by atoms with E-state index in [2.05, 4.69) is 57.3 Å². The first kappa shape index (κ1) is 20.5. The molecule has 1 fully saturated rings. The molecule has 0 unspecified atom stereocenters. The zero-order valence-electron chi connectivity index (χ0n) is 14.9. The van der Waals surface area contributed by atoms with Crippen molar-refractivity contribution in [3.05, 3.63) is 34.2 Å². The third-order valence-corrected chi connectivity index (χ3v) is 4.42. The minimum Gasteiger partial charge on any atom is -0.409 e. The number of amidine groups is 1. The highest BCUT2D eigenvalue weighted by Crippen LogP contribution is 2.21. The van der Waals surface area contributed by atoms with E-state index in [1.807, 2.05) is 0 Å². The van der Waals surface area contributed by atoms with Crippen LogP contribution in [-0.4, -0.2) is 52.3 Å². The summed E-state index contributed by atoms with van der Waals surface area (Å²) in [6.45, 7) is 0.331. The zero-order chi connectivity index (χ0) is 20.8. The normalized spacial score (nSPS) is 13.7. The van der Waals surface area contributed by atoms with Crippen LogP contribution in [0.4, 0.5) is 15.9 Å². The van der Waals surface area contributed by atoms with Crippen LogP contribution in [0.5, 0.6) is 0 Å². The summed E-state index contributed by atoms with van der Waals surface area (Å²) >= 11 is 3.06. The predicted molar refractivity (Wildman–Crippen MR) is 103 cm³/mol. The molecule has 3 rings (SSSR count). The molecule has 0 saturated heterocycles. The van der Waals surface area contributed by atoms with Gasteiger partial charge in [-0.2, -0.15) is 0 Å². The summed E-state index contributed by atoms with van der Waals surface area (Å²) in [6, 6.07) is 4.21. The summed E-state index contributed by atoms with van der Waals surface area (Å²) in [5.74, 6) is -1.79. The summed E-state index contributed by atoms with van der Waals surface area (Å²) in [5, 5.41) is 30.4. The Morgan fingerprint density at radius 1 is 1.28 bits per heavy atom.